The minimum Gasteiger partial charge on any atom is -0.480 e. The maximum Gasteiger partial charge on any atom is 0.325 e. The van der Waals surface area contributed by atoms with Gasteiger partial charge in [-0.2, -0.15) is 0 Å². The summed E-state index contributed by atoms with van der Waals surface area (Å²) in [6.07, 6.45) is 1.48. The van der Waals surface area contributed by atoms with E-state index in [2.05, 4.69) is 15.4 Å². The summed E-state index contributed by atoms with van der Waals surface area (Å²) in [5.41, 5.74) is 0. The molecule has 0 aromatic rings. The Morgan fingerprint density at radius 2 is 1.70 bits per heavy atom. The van der Waals surface area contributed by atoms with Gasteiger partial charge in [-0.05, 0) is 19.8 Å². The number of hydrogen-bond donors (Lipinski definition) is 3. The number of unbranched alkanes of at least 4 members (excludes halogenated alkanes) is 1. The fraction of sp³-hybridized carbons (Fsp3) is 0.667. The van der Waals surface area contributed by atoms with Crippen molar-refractivity contribution in [2.45, 2.75) is 38.6 Å². The minimum atomic E-state index is -1.15. The Balaban J connectivity index is 3.70. The second-order valence-electron chi connectivity index (χ2n) is 4.19. The summed E-state index contributed by atoms with van der Waals surface area (Å²) < 4.78 is 4.45. The smallest absolute Gasteiger partial charge is 0.325 e. The topological polar surface area (TPSA) is 122 Å². The van der Waals surface area contributed by atoms with E-state index in [9.17, 15) is 19.2 Å². The van der Waals surface area contributed by atoms with Crippen molar-refractivity contribution in [2.24, 2.45) is 0 Å². The van der Waals surface area contributed by atoms with Crippen molar-refractivity contribution in [1.82, 2.24) is 10.6 Å². The summed E-state index contributed by atoms with van der Waals surface area (Å²) in [6.45, 7) is 1.06. The van der Waals surface area contributed by atoms with Crippen molar-refractivity contribution in [1.29, 1.82) is 0 Å². The van der Waals surface area contributed by atoms with E-state index in [1.165, 1.54) is 14.0 Å². The molecule has 8 nitrogen and oxygen atoms in total. The van der Waals surface area contributed by atoms with Crippen LogP contribution in [0.3, 0.4) is 0 Å². The number of carboxylic acid groups (broad SMARTS) is 1. The molecule has 0 aromatic heterocycles. The van der Waals surface area contributed by atoms with Gasteiger partial charge in [0.2, 0.25) is 11.8 Å². The number of carbonyl (C=O) groups is 4. The molecule has 0 radical (unpaired) electrons. The SMILES string of the molecule is COC(=O)CCCCC(=O)NCC(=O)N[C@@H](C)C(=O)O. The average Bonchev–Trinajstić information content (AvgIpc) is 2.40. The van der Waals surface area contributed by atoms with E-state index in [0.29, 0.717) is 12.8 Å². The van der Waals surface area contributed by atoms with Crippen molar-refractivity contribution >= 4 is 23.8 Å². The summed E-state index contributed by atoms with van der Waals surface area (Å²) >= 11 is 0. The maximum absolute atomic E-state index is 11.4. The fourth-order valence-corrected chi connectivity index (χ4v) is 1.28. The number of nitrogens with one attached hydrogen (secondary N) is 2. The first-order valence-electron chi connectivity index (χ1n) is 6.22. The number of aliphatic carboxylic acids is 1. The van der Waals surface area contributed by atoms with Crippen LogP contribution in [0.15, 0.2) is 0 Å². The Kier molecular flexibility index (Phi) is 8.73. The summed E-state index contributed by atoms with van der Waals surface area (Å²) in [5.74, 6) is -2.37. The molecule has 0 spiro atoms. The number of amides is 2. The number of carboxylic acids is 1. The van der Waals surface area contributed by atoms with Gasteiger partial charge in [-0.15, -0.1) is 0 Å². The highest BCUT2D eigenvalue weighted by atomic mass is 16.5. The van der Waals surface area contributed by atoms with Crippen LogP contribution in [-0.4, -0.2) is 48.6 Å². The number of methoxy groups -OCH3 is 1. The lowest BCUT2D eigenvalue weighted by molar-refractivity contribution is -0.141. The van der Waals surface area contributed by atoms with Crippen molar-refractivity contribution in [3.05, 3.63) is 0 Å². The van der Waals surface area contributed by atoms with Crippen LogP contribution >= 0.6 is 0 Å². The van der Waals surface area contributed by atoms with Gasteiger partial charge in [0, 0.05) is 12.8 Å². The first-order chi connectivity index (χ1) is 9.36. The van der Waals surface area contributed by atoms with Crippen molar-refractivity contribution in [2.75, 3.05) is 13.7 Å². The molecular formula is C12H20N2O6. The molecule has 0 saturated carbocycles. The molecule has 0 heterocycles. The number of rotatable bonds is 9. The van der Waals surface area contributed by atoms with Crippen LogP contribution in [-0.2, 0) is 23.9 Å². The van der Waals surface area contributed by atoms with Crippen molar-refractivity contribution in [3.63, 3.8) is 0 Å². The third-order valence-electron chi connectivity index (χ3n) is 2.46. The third-order valence-corrected chi connectivity index (χ3v) is 2.46. The Hall–Kier alpha value is -2.12. The Morgan fingerprint density at radius 3 is 2.25 bits per heavy atom. The molecule has 0 aliphatic rings. The summed E-state index contributed by atoms with van der Waals surface area (Å²) in [5, 5.41) is 13.2. The maximum atomic E-state index is 11.4. The van der Waals surface area contributed by atoms with Crippen LogP contribution in [0.2, 0.25) is 0 Å². The molecule has 0 aromatic carbocycles. The predicted molar refractivity (Wildman–Crippen MR) is 68.7 cm³/mol. The second-order valence-corrected chi connectivity index (χ2v) is 4.19. The number of carbonyl (C=O) groups excluding carboxylic acids is 3. The van der Waals surface area contributed by atoms with Gasteiger partial charge in [-0.3, -0.25) is 19.2 Å². The van der Waals surface area contributed by atoms with Gasteiger partial charge in [-0.25, -0.2) is 0 Å². The molecule has 114 valence electrons. The molecule has 0 fully saturated rings. The average molecular weight is 288 g/mol. The van der Waals surface area contributed by atoms with Gasteiger partial charge in [0.1, 0.15) is 6.04 Å². The molecule has 0 aliphatic carbocycles. The quantitative estimate of drug-likeness (QED) is 0.385. The molecule has 1 atom stereocenters. The number of esters is 1. The molecule has 0 bridgehead atoms. The molecule has 0 rings (SSSR count). The zero-order valence-electron chi connectivity index (χ0n) is 11.6. The summed E-state index contributed by atoms with van der Waals surface area (Å²) in [6, 6.07) is -1.00. The fourth-order valence-electron chi connectivity index (χ4n) is 1.28. The highest BCUT2D eigenvalue weighted by Gasteiger charge is 2.14. The lowest BCUT2D eigenvalue weighted by Gasteiger charge is -2.09. The zero-order chi connectivity index (χ0) is 15.5. The minimum absolute atomic E-state index is 0.193. The predicted octanol–water partition coefficient (Wildman–Crippen LogP) is -0.575. The van der Waals surface area contributed by atoms with E-state index in [1.54, 1.807) is 0 Å². The van der Waals surface area contributed by atoms with Gasteiger partial charge in [0.05, 0.1) is 13.7 Å². The van der Waals surface area contributed by atoms with Crippen LogP contribution < -0.4 is 10.6 Å². The molecule has 0 aliphatic heterocycles. The number of ether oxygens (including phenoxy) is 1. The van der Waals surface area contributed by atoms with Crippen LogP contribution in [0.5, 0.6) is 0 Å². The Bertz CT molecular complexity index is 369. The van der Waals surface area contributed by atoms with Gasteiger partial charge in [-0.1, -0.05) is 0 Å². The molecule has 2 amide bonds. The lowest BCUT2D eigenvalue weighted by Crippen LogP contribution is -2.43. The van der Waals surface area contributed by atoms with Gasteiger partial charge in [0.25, 0.3) is 0 Å². The second kappa shape index (κ2) is 9.76. The van der Waals surface area contributed by atoms with E-state index in [-0.39, 0.29) is 31.3 Å². The van der Waals surface area contributed by atoms with Gasteiger partial charge >= 0.3 is 11.9 Å². The molecule has 8 heteroatoms. The van der Waals surface area contributed by atoms with Crippen molar-refractivity contribution in [3.8, 4) is 0 Å². The van der Waals surface area contributed by atoms with Crippen LogP contribution in [0.25, 0.3) is 0 Å². The zero-order valence-corrected chi connectivity index (χ0v) is 11.6. The van der Waals surface area contributed by atoms with Crippen LogP contribution in [0, 0.1) is 0 Å². The van der Waals surface area contributed by atoms with E-state index in [4.69, 9.17) is 5.11 Å². The molecular weight excluding hydrogens is 268 g/mol. The van der Waals surface area contributed by atoms with E-state index in [0.717, 1.165) is 0 Å². The lowest BCUT2D eigenvalue weighted by atomic mass is 10.2. The molecule has 20 heavy (non-hydrogen) atoms. The first-order valence-corrected chi connectivity index (χ1v) is 6.22. The highest BCUT2D eigenvalue weighted by molar-refractivity contribution is 5.87. The summed E-state index contributed by atoms with van der Waals surface area (Å²) in [4.78, 5) is 43.9. The largest absolute Gasteiger partial charge is 0.480 e. The number of hydrogen-bond acceptors (Lipinski definition) is 5. The monoisotopic (exact) mass is 288 g/mol. The van der Waals surface area contributed by atoms with Gasteiger partial charge < -0.3 is 20.5 Å². The van der Waals surface area contributed by atoms with Crippen molar-refractivity contribution < 1.29 is 29.0 Å². The van der Waals surface area contributed by atoms with E-state index in [1.807, 2.05) is 0 Å². The van der Waals surface area contributed by atoms with Crippen LogP contribution in [0.1, 0.15) is 32.6 Å². The molecule has 3 N–H and O–H groups in total. The molecule has 0 saturated heterocycles. The van der Waals surface area contributed by atoms with E-state index >= 15 is 0 Å². The molecule has 0 unspecified atom stereocenters. The van der Waals surface area contributed by atoms with Crippen LogP contribution in [0.4, 0.5) is 0 Å². The third kappa shape index (κ3) is 8.90. The first kappa shape index (κ1) is 17.9. The standard InChI is InChI=1S/C12H20N2O6/c1-8(12(18)19)14-10(16)7-13-9(15)5-3-4-6-11(17)20-2/h8H,3-7H2,1-2H3,(H,13,15)(H,14,16)(H,18,19)/t8-/m0/s1. The Morgan fingerprint density at radius 1 is 1.10 bits per heavy atom. The highest BCUT2D eigenvalue weighted by Crippen LogP contribution is 2.00. The Labute approximate surface area is 116 Å². The van der Waals surface area contributed by atoms with E-state index < -0.39 is 17.9 Å². The normalized spacial score (nSPS) is 11.3. The summed E-state index contributed by atoms with van der Waals surface area (Å²) in [7, 11) is 1.30. The van der Waals surface area contributed by atoms with Gasteiger partial charge in [0.15, 0.2) is 0 Å².